The van der Waals surface area contributed by atoms with Gasteiger partial charge in [0.25, 0.3) is 0 Å². The number of nitrogens with two attached hydrogens (primary N) is 1. The van der Waals surface area contributed by atoms with Crippen molar-refractivity contribution in [2.24, 2.45) is 5.73 Å². The van der Waals surface area contributed by atoms with Gasteiger partial charge in [0, 0.05) is 16.6 Å². The van der Waals surface area contributed by atoms with Crippen LogP contribution >= 0.6 is 0 Å². The van der Waals surface area contributed by atoms with Crippen molar-refractivity contribution in [2.45, 2.75) is 33.2 Å². The molecule has 2 nitrogen and oxygen atoms in total. The number of hydrogen-bond acceptors (Lipinski definition) is 2. The monoisotopic (exact) mass is 232 g/mol. The number of hydrogen-bond donors (Lipinski definition) is 1. The molecule has 0 spiro atoms. The van der Waals surface area contributed by atoms with Crippen LogP contribution in [0.4, 0.5) is 4.39 Å². The fourth-order valence-corrected chi connectivity index (χ4v) is 2.08. The van der Waals surface area contributed by atoms with Crippen molar-refractivity contribution >= 4 is 10.9 Å². The molecule has 0 aliphatic heterocycles. The van der Waals surface area contributed by atoms with Gasteiger partial charge in [-0.05, 0) is 57.0 Å². The Bertz CT molecular complexity index is 583. The second kappa shape index (κ2) is 3.77. The summed E-state index contributed by atoms with van der Waals surface area (Å²) >= 11 is 0. The molecule has 1 heterocycles. The van der Waals surface area contributed by atoms with E-state index >= 15 is 0 Å². The topological polar surface area (TPSA) is 38.9 Å². The van der Waals surface area contributed by atoms with Crippen LogP contribution in [0.5, 0.6) is 0 Å². The molecule has 3 heteroatoms. The first kappa shape index (κ1) is 12.0. The molecule has 2 rings (SSSR count). The average molecular weight is 232 g/mol. The maximum absolute atomic E-state index is 13.9. The highest BCUT2D eigenvalue weighted by molar-refractivity contribution is 5.84. The highest BCUT2D eigenvalue weighted by Crippen LogP contribution is 2.28. The van der Waals surface area contributed by atoms with Gasteiger partial charge in [0.15, 0.2) is 0 Å². The van der Waals surface area contributed by atoms with Crippen LogP contribution in [0.2, 0.25) is 0 Å². The van der Waals surface area contributed by atoms with Crippen molar-refractivity contribution in [1.29, 1.82) is 0 Å². The largest absolute Gasteiger partial charge is 0.322 e. The molecular weight excluding hydrogens is 215 g/mol. The van der Waals surface area contributed by atoms with E-state index in [9.17, 15) is 4.39 Å². The molecule has 0 saturated heterocycles. The van der Waals surface area contributed by atoms with E-state index < -0.39 is 5.54 Å². The minimum Gasteiger partial charge on any atom is -0.322 e. The van der Waals surface area contributed by atoms with E-state index in [2.05, 4.69) is 4.98 Å². The molecular formula is C14H17FN2. The summed E-state index contributed by atoms with van der Waals surface area (Å²) in [6.45, 7) is 7.56. The van der Waals surface area contributed by atoms with Crippen molar-refractivity contribution in [2.75, 3.05) is 0 Å². The third-order valence-electron chi connectivity index (χ3n) is 2.83. The van der Waals surface area contributed by atoms with Gasteiger partial charge in [-0.3, -0.25) is 4.98 Å². The molecule has 0 radical (unpaired) electrons. The Morgan fingerprint density at radius 3 is 2.41 bits per heavy atom. The number of pyridine rings is 1. The van der Waals surface area contributed by atoms with Crippen LogP contribution in [0.15, 0.2) is 18.2 Å². The zero-order valence-electron chi connectivity index (χ0n) is 10.6. The minimum atomic E-state index is -0.508. The standard InChI is InChI=1S/C14H17FN2/c1-8-5-10-11(14(3,4)16)7-9(2)17-13(10)12(15)6-8/h5-7H,16H2,1-4H3. The molecule has 1 aromatic carbocycles. The van der Waals surface area contributed by atoms with E-state index in [1.807, 2.05) is 39.8 Å². The van der Waals surface area contributed by atoms with Gasteiger partial charge in [-0.25, -0.2) is 4.39 Å². The van der Waals surface area contributed by atoms with Gasteiger partial charge in [-0.1, -0.05) is 0 Å². The zero-order valence-corrected chi connectivity index (χ0v) is 10.6. The molecule has 90 valence electrons. The second-order valence-corrected chi connectivity index (χ2v) is 5.18. The van der Waals surface area contributed by atoms with Crippen molar-refractivity contribution in [3.8, 4) is 0 Å². The highest BCUT2D eigenvalue weighted by atomic mass is 19.1. The van der Waals surface area contributed by atoms with Crippen LogP contribution in [0, 0.1) is 19.7 Å². The summed E-state index contributed by atoms with van der Waals surface area (Å²) in [5.74, 6) is -0.283. The van der Waals surface area contributed by atoms with E-state index in [0.717, 1.165) is 22.2 Å². The van der Waals surface area contributed by atoms with E-state index in [1.165, 1.54) is 6.07 Å². The third kappa shape index (κ3) is 2.15. The molecule has 0 fully saturated rings. The molecule has 0 saturated carbocycles. The van der Waals surface area contributed by atoms with Crippen molar-refractivity contribution < 1.29 is 4.39 Å². The number of benzene rings is 1. The first-order chi connectivity index (χ1) is 7.79. The van der Waals surface area contributed by atoms with Crippen LogP contribution in [0.1, 0.15) is 30.7 Å². The number of fused-ring (bicyclic) bond motifs is 1. The van der Waals surface area contributed by atoms with Gasteiger partial charge >= 0.3 is 0 Å². The summed E-state index contributed by atoms with van der Waals surface area (Å²) < 4.78 is 13.9. The molecule has 1 aromatic heterocycles. The summed E-state index contributed by atoms with van der Waals surface area (Å²) in [7, 11) is 0. The fraction of sp³-hybridized carbons (Fsp3) is 0.357. The quantitative estimate of drug-likeness (QED) is 0.820. The van der Waals surface area contributed by atoms with Crippen molar-refractivity contribution in [3.63, 3.8) is 0 Å². The zero-order chi connectivity index (χ0) is 12.8. The highest BCUT2D eigenvalue weighted by Gasteiger charge is 2.19. The van der Waals surface area contributed by atoms with Crippen LogP contribution in [0.3, 0.4) is 0 Å². The Balaban J connectivity index is 2.93. The first-order valence-electron chi connectivity index (χ1n) is 5.66. The molecule has 0 amide bonds. The number of aromatic nitrogens is 1. The maximum atomic E-state index is 13.9. The predicted octanol–water partition coefficient (Wildman–Crippen LogP) is 3.18. The number of rotatable bonds is 1. The molecule has 0 aliphatic rings. The Kier molecular flexibility index (Phi) is 2.66. The number of nitrogens with zero attached hydrogens (tertiary/aromatic N) is 1. The SMILES string of the molecule is Cc1cc(F)c2nc(C)cc(C(C)(C)N)c2c1. The predicted molar refractivity (Wildman–Crippen MR) is 68.4 cm³/mol. The Labute approximate surface area is 101 Å². The van der Waals surface area contributed by atoms with Crippen LogP contribution in [-0.2, 0) is 5.54 Å². The van der Waals surface area contributed by atoms with Gasteiger partial charge < -0.3 is 5.73 Å². The Hall–Kier alpha value is -1.48. The average Bonchev–Trinajstić information content (AvgIpc) is 2.16. The van der Waals surface area contributed by atoms with Gasteiger partial charge in [-0.2, -0.15) is 0 Å². The molecule has 2 aromatic rings. The van der Waals surface area contributed by atoms with E-state index in [1.54, 1.807) is 0 Å². The van der Waals surface area contributed by atoms with Crippen molar-refractivity contribution in [3.05, 3.63) is 40.8 Å². The summed E-state index contributed by atoms with van der Waals surface area (Å²) in [4.78, 5) is 4.26. The van der Waals surface area contributed by atoms with Crippen molar-refractivity contribution in [1.82, 2.24) is 4.98 Å². The number of aryl methyl sites for hydroxylation is 2. The Morgan fingerprint density at radius 1 is 1.18 bits per heavy atom. The van der Waals surface area contributed by atoms with E-state index in [0.29, 0.717) is 5.52 Å². The van der Waals surface area contributed by atoms with Crippen LogP contribution < -0.4 is 5.73 Å². The van der Waals surface area contributed by atoms with Gasteiger partial charge in [0.2, 0.25) is 0 Å². The lowest BCUT2D eigenvalue weighted by Gasteiger charge is -2.22. The van der Waals surface area contributed by atoms with Crippen LogP contribution in [-0.4, -0.2) is 4.98 Å². The van der Waals surface area contributed by atoms with Crippen LogP contribution in [0.25, 0.3) is 10.9 Å². The lowest BCUT2D eigenvalue weighted by molar-refractivity contribution is 0.558. The lowest BCUT2D eigenvalue weighted by Crippen LogP contribution is -2.29. The van der Waals surface area contributed by atoms with E-state index in [-0.39, 0.29) is 5.82 Å². The molecule has 0 atom stereocenters. The minimum absolute atomic E-state index is 0.283. The summed E-state index contributed by atoms with van der Waals surface area (Å²) in [5, 5.41) is 0.806. The summed E-state index contributed by atoms with van der Waals surface area (Å²) in [5.41, 5.74) is 8.64. The molecule has 0 bridgehead atoms. The normalized spacial score (nSPS) is 12.1. The third-order valence-corrected chi connectivity index (χ3v) is 2.83. The number of halogens is 1. The molecule has 17 heavy (non-hydrogen) atoms. The maximum Gasteiger partial charge on any atom is 0.149 e. The molecule has 0 aliphatic carbocycles. The van der Waals surface area contributed by atoms with E-state index in [4.69, 9.17) is 5.73 Å². The Morgan fingerprint density at radius 2 is 1.82 bits per heavy atom. The van der Waals surface area contributed by atoms with Gasteiger partial charge in [0.1, 0.15) is 11.3 Å². The molecule has 2 N–H and O–H groups in total. The lowest BCUT2D eigenvalue weighted by atomic mass is 9.91. The summed E-state index contributed by atoms with van der Waals surface area (Å²) in [6, 6.07) is 5.37. The van der Waals surface area contributed by atoms with Gasteiger partial charge in [-0.15, -0.1) is 0 Å². The van der Waals surface area contributed by atoms with Gasteiger partial charge in [0.05, 0.1) is 0 Å². The second-order valence-electron chi connectivity index (χ2n) is 5.18. The summed E-state index contributed by atoms with van der Waals surface area (Å²) in [6.07, 6.45) is 0. The first-order valence-corrected chi connectivity index (χ1v) is 5.66. The smallest absolute Gasteiger partial charge is 0.149 e. The molecule has 0 unspecified atom stereocenters. The fourth-order valence-electron chi connectivity index (χ4n) is 2.08.